The van der Waals surface area contributed by atoms with E-state index in [9.17, 15) is 9.59 Å². The van der Waals surface area contributed by atoms with Gasteiger partial charge in [-0.05, 0) is 32.4 Å². The Bertz CT molecular complexity index is 442. The minimum atomic E-state index is -0.682. The second-order valence-electron chi connectivity index (χ2n) is 3.90. The fraction of sp³-hybridized carbons (Fsp3) is 0.385. The van der Waals surface area contributed by atoms with Crippen LogP contribution in [0.25, 0.3) is 0 Å². The van der Waals surface area contributed by atoms with Crippen molar-refractivity contribution in [2.75, 3.05) is 7.11 Å². The maximum atomic E-state index is 11.2. The molecule has 5 heteroatoms. The highest BCUT2D eigenvalue weighted by molar-refractivity contribution is 5.91. The zero-order chi connectivity index (χ0) is 13.7. The third-order valence-electron chi connectivity index (χ3n) is 2.53. The van der Waals surface area contributed by atoms with Crippen LogP contribution in [0, 0.1) is 0 Å². The molecule has 1 heterocycles. The number of allylic oxidation sites excluding steroid dienone is 2. The van der Waals surface area contributed by atoms with E-state index in [0.717, 1.165) is 5.57 Å². The van der Waals surface area contributed by atoms with Crippen LogP contribution in [-0.2, 0) is 23.8 Å². The highest BCUT2D eigenvalue weighted by Gasteiger charge is 2.28. The quantitative estimate of drug-likeness (QED) is 0.331. The van der Waals surface area contributed by atoms with Crippen molar-refractivity contribution in [3.63, 3.8) is 0 Å². The molecule has 5 nitrogen and oxygen atoms in total. The van der Waals surface area contributed by atoms with Gasteiger partial charge in [0.25, 0.3) is 6.29 Å². The van der Waals surface area contributed by atoms with Gasteiger partial charge in [0.15, 0.2) is 0 Å². The van der Waals surface area contributed by atoms with Gasteiger partial charge in [-0.25, -0.2) is 9.59 Å². The molecular formula is C13H16O5. The Kier molecular flexibility index (Phi) is 4.71. The summed E-state index contributed by atoms with van der Waals surface area (Å²) >= 11 is 0. The number of hydrogen-bond donors (Lipinski definition) is 0. The van der Waals surface area contributed by atoms with E-state index < -0.39 is 12.3 Å². The number of carbonyl (C=O) groups excluding carboxylic acids is 2. The maximum absolute atomic E-state index is 11.2. The molecule has 1 aliphatic rings. The average molecular weight is 252 g/mol. The zero-order valence-electron chi connectivity index (χ0n) is 10.9. The van der Waals surface area contributed by atoms with Crippen LogP contribution in [-0.4, -0.2) is 25.3 Å². The van der Waals surface area contributed by atoms with Crippen LogP contribution in [0.3, 0.4) is 0 Å². The molecule has 0 aromatic heterocycles. The molecule has 18 heavy (non-hydrogen) atoms. The number of esters is 2. The predicted octanol–water partition coefficient (Wildman–Crippen LogP) is 1.86. The Hall–Kier alpha value is -2.04. The lowest BCUT2D eigenvalue weighted by Gasteiger charge is -2.10. The lowest BCUT2D eigenvalue weighted by Crippen LogP contribution is -2.12. The van der Waals surface area contributed by atoms with E-state index >= 15 is 0 Å². The number of cyclic esters (lactones) is 1. The second-order valence-corrected chi connectivity index (χ2v) is 3.90. The molecule has 98 valence electrons. The highest BCUT2D eigenvalue weighted by Crippen LogP contribution is 2.23. The summed E-state index contributed by atoms with van der Waals surface area (Å²) in [4.78, 5) is 22.1. The molecule has 0 aliphatic carbocycles. The molecule has 0 spiro atoms. The van der Waals surface area contributed by atoms with Crippen molar-refractivity contribution in [3.8, 4) is 0 Å². The van der Waals surface area contributed by atoms with Gasteiger partial charge < -0.3 is 14.2 Å². The maximum Gasteiger partial charge on any atom is 0.337 e. The van der Waals surface area contributed by atoms with E-state index in [1.165, 1.54) is 19.4 Å². The summed E-state index contributed by atoms with van der Waals surface area (Å²) in [6.07, 6.45) is 3.58. The molecule has 0 aromatic carbocycles. The summed E-state index contributed by atoms with van der Waals surface area (Å²) in [5, 5.41) is 0. The van der Waals surface area contributed by atoms with Crippen molar-refractivity contribution >= 4 is 11.9 Å². The Morgan fingerprint density at radius 2 is 2.00 bits per heavy atom. The van der Waals surface area contributed by atoms with Crippen molar-refractivity contribution < 1.29 is 23.8 Å². The first kappa shape index (κ1) is 14.0. The topological polar surface area (TPSA) is 61.8 Å². The molecule has 0 N–H and O–H groups in total. The van der Waals surface area contributed by atoms with Gasteiger partial charge in [0.2, 0.25) is 0 Å². The van der Waals surface area contributed by atoms with Crippen molar-refractivity contribution in [2.24, 2.45) is 0 Å². The third kappa shape index (κ3) is 3.48. The predicted molar refractivity (Wildman–Crippen MR) is 64.3 cm³/mol. The van der Waals surface area contributed by atoms with Gasteiger partial charge in [-0.1, -0.05) is 0 Å². The zero-order valence-corrected chi connectivity index (χ0v) is 10.9. The lowest BCUT2D eigenvalue weighted by atomic mass is 10.2. The van der Waals surface area contributed by atoms with Crippen LogP contribution in [0.2, 0.25) is 0 Å². The van der Waals surface area contributed by atoms with E-state index in [2.05, 4.69) is 4.74 Å². The summed E-state index contributed by atoms with van der Waals surface area (Å²) in [5.74, 6) is -0.810. The van der Waals surface area contributed by atoms with Crippen molar-refractivity contribution in [3.05, 3.63) is 35.1 Å². The molecule has 0 bridgehead atoms. The van der Waals surface area contributed by atoms with Gasteiger partial charge in [-0.15, -0.1) is 0 Å². The summed E-state index contributed by atoms with van der Waals surface area (Å²) in [5.41, 5.74) is 2.02. The number of hydrogen-bond acceptors (Lipinski definition) is 5. The Morgan fingerprint density at radius 1 is 1.33 bits per heavy atom. The van der Waals surface area contributed by atoms with E-state index in [-0.39, 0.29) is 5.97 Å². The van der Waals surface area contributed by atoms with Gasteiger partial charge in [0.05, 0.1) is 13.4 Å². The molecule has 1 rings (SSSR count). The SMILES string of the molecule is COC(=O)/C=C/C(C)=C/OC1OC(=O)C(C)=C1C. The summed E-state index contributed by atoms with van der Waals surface area (Å²) in [7, 11) is 1.30. The fourth-order valence-corrected chi connectivity index (χ4v) is 1.22. The highest BCUT2D eigenvalue weighted by atomic mass is 16.7. The van der Waals surface area contributed by atoms with E-state index in [0.29, 0.717) is 11.1 Å². The lowest BCUT2D eigenvalue weighted by molar-refractivity contribution is -0.153. The van der Waals surface area contributed by atoms with Gasteiger partial charge in [-0.3, -0.25) is 0 Å². The van der Waals surface area contributed by atoms with Crippen molar-refractivity contribution in [1.29, 1.82) is 0 Å². The first-order valence-electron chi connectivity index (χ1n) is 5.42. The van der Waals surface area contributed by atoms with E-state index in [1.54, 1.807) is 26.8 Å². The Balaban J connectivity index is 2.58. The monoisotopic (exact) mass is 252 g/mol. The Labute approximate surface area is 106 Å². The van der Waals surface area contributed by atoms with Crippen LogP contribution >= 0.6 is 0 Å². The first-order valence-corrected chi connectivity index (χ1v) is 5.42. The summed E-state index contributed by atoms with van der Waals surface area (Å²) in [6.45, 7) is 5.22. The van der Waals surface area contributed by atoms with Crippen LogP contribution in [0.5, 0.6) is 0 Å². The van der Waals surface area contributed by atoms with Crippen LogP contribution in [0.15, 0.2) is 35.1 Å². The molecule has 0 saturated carbocycles. The van der Waals surface area contributed by atoms with Gasteiger partial charge >= 0.3 is 11.9 Å². The largest absolute Gasteiger partial charge is 0.466 e. The van der Waals surface area contributed by atoms with Crippen LogP contribution in [0.1, 0.15) is 20.8 Å². The standard InChI is InChI=1S/C13H16O5/c1-8(5-6-11(14)16-4)7-17-13-10(3)9(2)12(15)18-13/h5-7,13H,1-4H3/b6-5+,8-7+. The number of methoxy groups -OCH3 is 1. The molecule has 0 amide bonds. The van der Waals surface area contributed by atoms with Crippen molar-refractivity contribution in [1.82, 2.24) is 0 Å². The van der Waals surface area contributed by atoms with E-state index in [4.69, 9.17) is 9.47 Å². The number of rotatable bonds is 4. The van der Waals surface area contributed by atoms with Gasteiger partial charge in [0, 0.05) is 17.2 Å². The number of carbonyl (C=O) groups is 2. The molecule has 0 radical (unpaired) electrons. The van der Waals surface area contributed by atoms with Gasteiger partial charge in [0.1, 0.15) is 0 Å². The smallest absolute Gasteiger partial charge is 0.337 e. The number of ether oxygens (including phenoxy) is 3. The molecule has 0 aromatic rings. The van der Waals surface area contributed by atoms with E-state index in [1.807, 2.05) is 0 Å². The van der Waals surface area contributed by atoms with Crippen LogP contribution in [0.4, 0.5) is 0 Å². The van der Waals surface area contributed by atoms with Crippen molar-refractivity contribution in [2.45, 2.75) is 27.1 Å². The second kappa shape index (κ2) is 6.05. The molecule has 0 saturated heterocycles. The fourth-order valence-electron chi connectivity index (χ4n) is 1.22. The minimum Gasteiger partial charge on any atom is -0.466 e. The molecule has 1 aliphatic heterocycles. The normalized spacial score (nSPS) is 20.3. The summed E-state index contributed by atoms with van der Waals surface area (Å²) < 4.78 is 14.8. The molecule has 0 fully saturated rings. The Morgan fingerprint density at radius 3 is 2.50 bits per heavy atom. The molecule has 1 atom stereocenters. The molecular weight excluding hydrogens is 236 g/mol. The summed E-state index contributed by atoms with van der Waals surface area (Å²) in [6, 6.07) is 0. The van der Waals surface area contributed by atoms with Crippen LogP contribution < -0.4 is 0 Å². The molecule has 1 unspecified atom stereocenters. The minimum absolute atomic E-state index is 0.367. The average Bonchev–Trinajstić information content (AvgIpc) is 2.60. The third-order valence-corrected chi connectivity index (χ3v) is 2.53. The van der Waals surface area contributed by atoms with Gasteiger partial charge in [-0.2, -0.15) is 0 Å². The first-order chi connectivity index (χ1) is 8.45.